The lowest BCUT2D eigenvalue weighted by molar-refractivity contribution is -0.145. The van der Waals surface area contributed by atoms with Crippen molar-refractivity contribution in [3.63, 3.8) is 0 Å². The Balaban J connectivity index is 0.772. The molecule has 3 aliphatic rings. The standard InChI is InChI=1S/C97H135N21O28/c1-7-98-95(141)90-108-106-88(68-49-66(59(3)4)75(120)51-77(68)122)117(90)64-13-9-61(10-14-64)53-110-32-27-63(28-33-110)74(119)25-29-101-92(138)70(17-22-82(127)116-44-40-111(41-45-116)54-62-11-15-65(16-12-62)118-89(107-109-91(118)96(142)99-8-2)69-50-67(60(5)6)76(121)52-78(69)123)103-80(125)26-30-102-93(139)71(18-23-83(128)129)105-94(140)72(19-24-84(130)131)104-81(126)58-146-48-47-145-46-31-100-79(124)21-20-73(97(143)144)115-42-38-113(56-86(134)135)36-34-112(55-85(132)133)35-37-114(39-43-115)57-87(136)137/h9-16,49-52,59-60,63,70-73,120-123H,7-8,17-48,53-58H2,1-6H3,(H,98,141)(H,99,142)(H,100,124)(H,101,138)(H,102,139)(H,103,125)(H,104,126)(H,105,140)(H,128,129)(H,130,131)(H,132,133)(H,134,135)(H,136,137)(H,143,144)/t70-,71-,72-,73-/m1/s1. The van der Waals surface area contributed by atoms with Gasteiger partial charge >= 0.3 is 35.8 Å². The normalized spacial score (nSPS) is 15.4. The summed E-state index contributed by atoms with van der Waals surface area (Å²) in [5.41, 5.74) is 4.40. The average molecular weight is 2040 g/mol. The average Bonchev–Trinajstić information content (AvgIpc) is 1.62. The summed E-state index contributed by atoms with van der Waals surface area (Å²) < 4.78 is 14.0. The number of carbonyl (C=O) groups excluding carboxylic acids is 10. The minimum atomic E-state index is -1.65. The first kappa shape index (κ1) is 115. The van der Waals surface area contributed by atoms with Crippen molar-refractivity contribution < 1.29 is 137 Å². The van der Waals surface area contributed by atoms with Crippen molar-refractivity contribution in [2.75, 3.05) is 170 Å². The first-order valence-corrected chi connectivity index (χ1v) is 48.8. The number of likely N-dealkylation sites (tertiary alicyclic amines) is 1. The summed E-state index contributed by atoms with van der Waals surface area (Å²) in [5, 5.41) is 140. The summed E-state index contributed by atoms with van der Waals surface area (Å²) in [6.45, 7) is 12.6. The molecule has 0 saturated carbocycles. The highest BCUT2D eigenvalue weighted by molar-refractivity contribution is 5.95. The summed E-state index contributed by atoms with van der Waals surface area (Å²) in [4.78, 5) is 221. The van der Waals surface area contributed by atoms with Crippen LogP contribution in [0.25, 0.3) is 34.2 Å². The van der Waals surface area contributed by atoms with Crippen molar-refractivity contribution in [2.45, 2.75) is 168 Å². The van der Waals surface area contributed by atoms with Crippen molar-refractivity contribution in [3.05, 3.63) is 107 Å². The summed E-state index contributed by atoms with van der Waals surface area (Å²) in [7, 11) is 0. The Labute approximate surface area is 842 Å². The van der Waals surface area contributed by atoms with E-state index in [-0.39, 0.29) is 224 Å². The smallest absolute Gasteiger partial charge is 0.320 e. The molecule has 0 radical (unpaired) electrons. The van der Waals surface area contributed by atoms with E-state index in [0.717, 1.165) is 11.1 Å². The SMILES string of the molecule is CCNC(=O)c1nnc(-c2cc(C(C)C)c(O)cc2O)n1-c1ccc(CN2CCC(C(=O)CCNC(=O)[C@@H](CCC(=O)N3CCN(Cc4ccc(-n5c(C(=O)NCC)nnc5-c5cc(C(C)C)c(O)cc5O)cc4)CC3)NC(=O)CCNC(=O)[C@@H](CCC(=O)O)NC(=O)[C@@H](CCC(=O)O)NC(=O)COCCOCCNC(=O)CC[C@H](C(=O)O)N3CCN(CC(=O)O)CCN(CC(=O)O)CCN(CC(=O)O)CC3)CC2)cc1. The van der Waals surface area contributed by atoms with Crippen LogP contribution in [0.15, 0.2) is 72.8 Å². The molecule has 3 aliphatic heterocycles. The molecule has 796 valence electrons. The van der Waals surface area contributed by atoms with Gasteiger partial charge in [-0.25, -0.2) is 0 Å². The molecule has 0 unspecified atom stereocenters. The fourth-order valence-corrected chi connectivity index (χ4v) is 17.2. The predicted octanol–water partition coefficient (Wildman–Crippen LogP) is 0.711. The van der Waals surface area contributed by atoms with Crippen molar-refractivity contribution >= 4 is 94.8 Å². The van der Waals surface area contributed by atoms with Crippen LogP contribution in [-0.4, -0.2) is 404 Å². The van der Waals surface area contributed by atoms with Crippen LogP contribution in [0.4, 0.5) is 0 Å². The van der Waals surface area contributed by atoms with E-state index in [1.807, 2.05) is 52.0 Å². The Morgan fingerprint density at radius 1 is 0.390 bits per heavy atom. The highest BCUT2D eigenvalue weighted by Crippen LogP contribution is 2.41. The fourth-order valence-electron chi connectivity index (χ4n) is 17.2. The van der Waals surface area contributed by atoms with Crippen LogP contribution in [0, 0.1) is 5.92 Å². The summed E-state index contributed by atoms with van der Waals surface area (Å²) in [5.74, 6) is -15.2. The molecule has 0 spiro atoms. The molecular weight excluding hydrogens is 1910 g/mol. The van der Waals surface area contributed by atoms with Gasteiger partial charge in [0.15, 0.2) is 11.6 Å². The Bertz CT molecular complexity index is 5480. The number of benzene rings is 4. The van der Waals surface area contributed by atoms with Gasteiger partial charge in [0, 0.05) is 192 Å². The van der Waals surface area contributed by atoms with Crippen molar-refractivity contribution in [2.24, 2.45) is 5.92 Å². The lowest BCUT2D eigenvalue weighted by atomic mass is 9.90. The lowest BCUT2D eigenvalue weighted by Crippen LogP contribution is -2.54. The number of phenols is 4. The predicted molar refractivity (Wildman–Crippen MR) is 522 cm³/mol. The topological polar surface area (TPSA) is 674 Å². The highest BCUT2D eigenvalue weighted by Gasteiger charge is 2.36. The van der Waals surface area contributed by atoms with E-state index in [1.54, 1.807) is 60.0 Å². The van der Waals surface area contributed by atoms with Crippen LogP contribution in [0.5, 0.6) is 23.0 Å². The van der Waals surface area contributed by atoms with Crippen LogP contribution in [0.3, 0.4) is 0 Å². The van der Waals surface area contributed by atoms with Gasteiger partial charge in [-0.2, -0.15) is 0 Å². The molecule has 4 atom stereocenters. The quantitative estimate of drug-likeness (QED) is 0.0234. The highest BCUT2D eigenvalue weighted by atomic mass is 16.5. The number of carboxylic acid groups (broad SMARTS) is 6. The number of Topliss-reactive ketones (excluding diaryl/α,β-unsaturated/α-hetero) is 1. The first-order chi connectivity index (χ1) is 69.7. The number of hydrogen-bond donors (Lipinski definition) is 18. The van der Waals surface area contributed by atoms with E-state index >= 15 is 0 Å². The Kier molecular flexibility index (Phi) is 45.4. The third kappa shape index (κ3) is 35.9. The van der Waals surface area contributed by atoms with Crippen molar-refractivity contribution in [3.8, 4) is 57.1 Å². The number of nitrogens with zero attached hydrogens (tertiary/aromatic N) is 13. The van der Waals surface area contributed by atoms with E-state index in [2.05, 4.69) is 72.7 Å². The molecule has 0 aliphatic carbocycles. The Morgan fingerprint density at radius 3 is 1.25 bits per heavy atom. The summed E-state index contributed by atoms with van der Waals surface area (Å²) in [6, 6.07) is 14.4. The molecule has 3 fully saturated rings. The number of ketones is 1. The molecular formula is C97H135N21O28. The number of carbonyl (C=O) groups is 16. The van der Waals surface area contributed by atoms with Gasteiger partial charge in [-0.15, -0.1) is 20.4 Å². The second-order valence-electron chi connectivity index (χ2n) is 36.5. The van der Waals surface area contributed by atoms with Gasteiger partial charge in [0.2, 0.25) is 53.0 Å². The number of aromatic nitrogens is 6. The number of amides is 9. The second kappa shape index (κ2) is 57.5. The number of piperazine rings is 1. The molecule has 9 rings (SSSR count). The molecule has 3 saturated heterocycles. The summed E-state index contributed by atoms with van der Waals surface area (Å²) in [6.07, 6.45) is -2.96. The van der Waals surface area contributed by atoms with Crippen LogP contribution in [-0.2, 0) is 89.7 Å². The maximum absolute atomic E-state index is 14.3. The minimum absolute atomic E-state index is 0.000518. The fraction of sp³-hybridized carbons (Fsp3) is 0.546. The van der Waals surface area contributed by atoms with E-state index in [9.17, 15) is 128 Å². The number of hydrogen-bond acceptors (Lipinski definition) is 32. The number of rotatable bonds is 55. The monoisotopic (exact) mass is 2040 g/mol. The third-order valence-electron chi connectivity index (χ3n) is 25.1. The second-order valence-corrected chi connectivity index (χ2v) is 36.5. The van der Waals surface area contributed by atoms with Crippen LogP contribution in [0.1, 0.15) is 174 Å². The third-order valence-corrected chi connectivity index (χ3v) is 25.1. The zero-order chi connectivity index (χ0) is 106. The lowest BCUT2D eigenvalue weighted by Gasteiger charge is -2.35. The van der Waals surface area contributed by atoms with Crippen LogP contribution in [0.2, 0.25) is 0 Å². The van der Waals surface area contributed by atoms with Gasteiger partial charge in [0.05, 0.1) is 50.6 Å². The molecule has 0 bridgehead atoms. The molecule has 4 aromatic carbocycles. The van der Waals surface area contributed by atoms with Crippen molar-refractivity contribution in [1.82, 2.24) is 106 Å². The number of aromatic hydroxyl groups is 4. The van der Waals surface area contributed by atoms with Gasteiger partial charge in [0.1, 0.15) is 59.6 Å². The Hall–Kier alpha value is -14.2. The van der Waals surface area contributed by atoms with Gasteiger partial charge in [-0.3, -0.25) is 115 Å². The van der Waals surface area contributed by atoms with Gasteiger partial charge in [-0.05, 0) is 136 Å². The molecule has 2 aromatic heterocycles. The van der Waals surface area contributed by atoms with Gasteiger partial charge in [0.25, 0.3) is 11.8 Å². The van der Waals surface area contributed by atoms with Crippen LogP contribution < -0.4 is 42.5 Å². The number of aliphatic carboxylic acids is 6. The number of nitrogens with one attached hydrogen (secondary N) is 8. The largest absolute Gasteiger partial charge is 0.508 e. The van der Waals surface area contributed by atoms with Gasteiger partial charge in [-0.1, -0.05) is 52.0 Å². The summed E-state index contributed by atoms with van der Waals surface area (Å²) >= 11 is 0. The molecule has 5 heterocycles. The van der Waals surface area contributed by atoms with E-state index < -0.39 is 166 Å². The maximum Gasteiger partial charge on any atom is 0.320 e. The van der Waals surface area contributed by atoms with Gasteiger partial charge < -0.3 is 108 Å². The minimum Gasteiger partial charge on any atom is -0.508 e. The molecule has 146 heavy (non-hydrogen) atoms. The maximum atomic E-state index is 14.3. The van der Waals surface area contributed by atoms with E-state index in [4.69, 9.17) is 9.47 Å². The first-order valence-electron chi connectivity index (χ1n) is 48.8. The van der Waals surface area contributed by atoms with E-state index in [0.29, 0.717) is 87.7 Å². The molecule has 18 N–H and O–H groups in total. The number of carboxylic acids is 6. The van der Waals surface area contributed by atoms with Crippen molar-refractivity contribution in [1.29, 1.82) is 0 Å². The zero-order valence-corrected chi connectivity index (χ0v) is 82.9. The zero-order valence-electron chi connectivity index (χ0n) is 82.9. The number of phenolic OH excluding ortho intramolecular Hbond substituents is 4. The molecule has 49 heteroatoms. The van der Waals surface area contributed by atoms with Crippen LogP contribution >= 0.6 is 0 Å². The molecule has 9 amide bonds. The number of piperidine rings is 1. The van der Waals surface area contributed by atoms with E-state index in [1.165, 1.54) is 36.0 Å². The Morgan fingerprint density at radius 2 is 0.808 bits per heavy atom. The number of ether oxygens (including phenoxy) is 2. The molecule has 49 nitrogen and oxygen atoms in total. The molecule has 6 aromatic rings.